The second-order valence-electron chi connectivity index (χ2n) is 2.88. The SMILES string of the molecule is CCOC(=O)c1ccnn1C(C)CF. The van der Waals surface area contributed by atoms with Crippen LogP contribution in [0.25, 0.3) is 0 Å². The maximum atomic E-state index is 12.4. The van der Waals surface area contributed by atoms with Crippen molar-refractivity contribution in [3.63, 3.8) is 0 Å². The number of hydrogen-bond donors (Lipinski definition) is 0. The Hall–Kier alpha value is -1.39. The highest BCUT2D eigenvalue weighted by molar-refractivity contribution is 5.87. The van der Waals surface area contributed by atoms with Gasteiger partial charge in [-0.2, -0.15) is 5.10 Å². The quantitative estimate of drug-likeness (QED) is 0.693. The van der Waals surface area contributed by atoms with E-state index >= 15 is 0 Å². The Labute approximate surface area is 81.7 Å². The van der Waals surface area contributed by atoms with Crippen LogP contribution >= 0.6 is 0 Å². The number of esters is 1. The molecule has 0 bridgehead atoms. The molecule has 0 radical (unpaired) electrons. The number of aromatic nitrogens is 2. The van der Waals surface area contributed by atoms with Gasteiger partial charge >= 0.3 is 5.97 Å². The largest absolute Gasteiger partial charge is 0.461 e. The Bertz CT molecular complexity index is 312. The van der Waals surface area contributed by atoms with Gasteiger partial charge in [0.25, 0.3) is 0 Å². The summed E-state index contributed by atoms with van der Waals surface area (Å²) in [5.41, 5.74) is 0.289. The smallest absolute Gasteiger partial charge is 0.356 e. The van der Waals surface area contributed by atoms with Crippen LogP contribution in [0.3, 0.4) is 0 Å². The number of hydrogen-bond acceptors (Lipinski definition) is 3. The molecule has 78 valence electrons. The number of halogens is 1. The van der Waals surface area contributed by atoms with Gasteiger partial charge in [-0.05, 0) is 19.9 Å². The van der Waals surface area contributed by atoms with Gasteiger partial charge in [-0.25, -0.2) is 9.18 Å². The predicted octanol–water partition coefficient (Wildman–Crippen LogP) is 1.59. The van der Waals surface area contributed by atoms with Gasteiger partial charge in [0.2, 0.25) is 0 Å². The van der Waals surface area contributed by atoms with Gasteiger partial charge in [0.05, 0.1) is 12.6 Å². The molecule has 0 saturated heterocycles. The van der Waals surface area contributed by atoms with Crippen LogP contribution in [0.1, 0.15) is 30.4 Å². The molecule has 0 spiro atoms. The van der Waals surface area contributed by atoms with Gasteiger partial charge < -0.3 is 4.74 Å². The van der Waals surface area contributed by atoms with Gasteiger partial charge in [-0.15, -0.1) is 0 Å². The van der Waals surface area contributed by atoms with Gasteiger partial charge in [-0.1, -0.05) is 0 Å². The first kappa shape index (κ1) is 10.7. The molecule has 0 aliphatic rings. The van der Waals surface area contributed by atoms with Crippen molar-refractivity contribution < 1.29 is 13.9 Å². The summed E-state index contributed by atoms with van der Waals surface area (Å²) in [5, 5.41) is 3.87. The van der Waals surface area contributed by atoms with E-state index < -0.39 is 18.7 Å². The Morgan fingerprint density at radius 1 is 1.79 bits per heavy atom. The lowest BCUT2D eigenvalue weighted by Gasteiger charge is -2.10. The molecule has 1 atom stereocenters. The zero-order valence-electron chi connectivity index (χ0n) is 8.24. The lowest BCUT2D eigenvalue weighted by atomic mass is 10.3. The molecule has 1 rings (SSSR count). The molecule has 0 saturated carbocycles. The maximum absolute atomic E-state index is 12.4. The first-order valence-electron chi connectivity index (χ1n) is 4.47. The average molecular weight is 200 g/mol. The van der Waals surface area contributed by atoms with Gasteiger partial charge in [0.15, 0.2) is 0 Å². The van der Waals surface area contributed by atoms with Crippen molar-refractivity contribution in [1.29, 1.82) is 0 Å². The van der Waals surface area contributed by atoms with E-state index in [-0.39, 0.29) is 5.69 Å². The second kappa shape index (κ2) is 4.74. The molecule has 14 heavy (non-hydrogen) atoms. The lowest BCUT2D eigenvalue weighted by molar-refractivity contribution is 0.0508. The van der Waals surface area contributed by atoms with Crippen molar-refractivity contribution in [2.45, 2.75) is 19.9 Å². The van der Waals surface area contributed by atoms with Crippen molar-refractivity contribution in [1.82, 2.24) is 9.78 Å². The standard InChI is InChI=1S/C9H13FN2O2/c1-3-14-9(13)8-4-5-11-12(8)7(2)6-10/h4-5,7H,3,6H2,1-2H3. The van der Waals surface area contributed by atoms with Crippen molar-refractivity contribution in [3.8, 4) is 0 Å². The number of carbonyl (C=O) groups excluding carboxylic acids is 1. The number of carbonyl (C=O) groups is 1. The van der Waals surface area contributed by atoms with Crippen LogP contribution in [0.5, 0.6) is 0 Å². The van der Waals surface area contributed by atoms with E-state index in [2.05, 4.69) is 5.10 Å². The van der Waals surface area contributed by atoms with Crippen molar-refractivity contribution >= 4 is 5.97 Å². The third kappa shape index (κ3) is 2.10. The molecule has 1 heterocycles. The molecule has 1 aromatic rings. The van der Waals surface area contributed by atoms with E-state index in [0.29, 0.717) is 6.61 Å². The van der Waals surface area contributed by atoms with Crippen LogP contribution in [0.15, 0.2) is 12.3 Å². The summed E-state index contributed by atoms with van der Waals surface area (Å²) in [4.78, 5) is 11.3. The van der Waals surface area contributed by atoms with E-state index in [9.17, 15) is 9.18 Å². The normalized spacial score (nSPS) is 12.5. The number of ether oxygens (including phenoxy) is 1. The van der Waals surface area contributed by atoms with E-state index in [0.717, 1.165) is 0 Å². The Balaban J connectivity index is 2.86. The number of rotatable bonds is 4. The van der Waals surface area contributed by atoms with Gasteiger partial charge in [0.1, 0.15) is 12.4 Å². The molecule has 0 aliphatic heterocycles. The van der Waals surface area contributed by atoms with E-state index in [1.54, 1.807) is 13.8 Å². The Morgan fingerprint density at radius 2 is 2.50 bits per heavy atom. The second-order valence-corrected chi connectivity index (χ2v) is 2.88. The predicted molar refractivity (Wildman–Crippen MR) is 48.9 cm³/mol. The van der Waals surface area contributed by atoms with Crippen molar-refractivity contribution in [3.05, 3.63) is 18.0 Å². The molecule has 0 amide bonds. The molecule has 0 aromatic carbocycles. The third-order valence-corrected chi connectivity index (χ3v) is 1.80. The number of alkyl halides is 1. The molecular formula is C9H13FN2O2. The van der Waals surface area contributed by atoms with Crippen LogP contribution in [0.4, 0.5) is 4.39 Å². The molecule has 4 nitrogen and oxygen atoms in total. The topological polar surface area (TPSA) is 44.1 Å². The van der Waals surface area contributed by atoms with Gasteiger partial charge in [-0.3, -0.25) is 4.68 Å². The summed E-state index contributed by atoms with van der Waals surface area (Å²) in [6, 6.07) is 1.08. The minimum absolute atomic E-state index is 0.289. The minimum atomic E-state index is -0.561. The summed E-state index contributed by atoms with van der Waals surface area (Å²) >= 11 is 0. The summed E-state index contributed by atoms with van der Waals surface area (Å²) in [6.07, 6.45) is 1.46. The molecule has 1 aromatic heterocycles. The third-order valence-electron chi connectivity index (χ3n) is 1.80. The Kier molecular flexibility index (Phi) is 3.62. The highest BCUT2D eigenvalue weighted by Crippen LogP contribution is 2.10. The monoisotopic (exact) mass is 200 g/mol. The Morgan fingerprint density at radius 3 is 3.07 bits per heavy atom. The van der Waals surface area contributed by atoms with Crippen LogP contribution in [0.2, 0.25) is 0 Å². The fraction of sp³-hybridized carbons (Fsp3) is 0.556. The van der Waals surface area contributed by atoms with Crippen LogP contribution < -0.4 is 0 Å². The summed E-state index contributed by atoms with van der Waals surface area (Å²) in [7, 11) is 0. The van der Waals surface area contributed by atoms with E-state index in [1.807, 2.05) is 0 Å². The van der Waals surface area contributed by atoms with E-state index in [4.69, 9.17) is 4.74 Å². The zero-order chi connectivity index (χ0) is 10.6. The van der Waals surface area contributed by atoms with Crippen molar-refractivity contribution in [2.75, 3.05) is 13.3 Å². The van der Waals surface area contributed by atoms with Gasteiger partial charge in [0, 0.05) is 6.20 Å². The molecule has 0 fully saturated rings. The van der Waals surface area contributed by atoms with Crippen LogP contribution in [-0.4, -0.2) is 29.0 Å². The minimum Gasteiger partial charge on any atom is -0.461 e. The highest BCUT2D eigenvalue weighted by Gasteiger charge is 2.16. The fourth-order valence-electron chi connectivity index (χ4n) is 1.10. The van der Waals surface area contributed by atoms with Crippen molar-refractivity contribution in [2.24, 2.45) is 0 Å². The molecule has 0 N–H and O–H groups in total. The molecular weight excluding hydrogens is 187 g/mol. The van der Waals surface area contributed by atoms with E-state index in [1.165, 1.54) is 16.9 Å². The lowest BCUT2D eigenvalue weighted by Crippen LogP contribution is -2.17. The van der Waals surface area contributed by atoms with Crippen LogP contribution in [-0.2, 0) is 4.74 Å². The molecule has 5 heteroatoms. The zero-order valence-corrected chi connectivity index (χ0v) is 8.24. The maximum Gasteiger partial charge on any atom is 0.356 e. The highest BCUT2D eigenvalue weighted by atomic mass is 19.1. The average Bonchev–Trinajstić information content (AvgIpc) is 2.65. The summed E-state index contributed by atoms with van der Waals surface area (Å²) in [6.45, 7) is 3.11. The molecule has 0 aliphatic carbocycles. The first-order chi connectivity index (χ1) is 6.70. The summed E-state index contributed by atoms with van der Waals surface area (Å²) in [5.74, 6) is -0.467. The number of nitrogens with zero attached hydrogens (tertiary/aromatic N) is 2. The van der Waals surface area contributed by atoms with Crippen LogP contribution in [0, 0.1) is 0 Å². The molecule has 1 unspecified atom stereocenters. The fourth-order valence-corrected chi connectivity index (χ4v) is 1.10. The first-order valence-corrected chi connectivity index (χ1v) is 4.47. The summed E-state index contributed by atoms with van der Waals surface area (Å²) < 4.78 is 18.5.